The molecule has 0 fully saturated rings. The average Bonchev–Trinajstić information content (AvgIpc) is 2.18. The number of aromatic nitrogens is 1. The fourth-order valence-corrected chi connectivity index (χ4v) is 1.50. The molecule has 0 aliphatic carbocycles. The number of carbonyl (C=O) groups is 1. The second kappa shape index (κ2) is 4.75. The second-order valence-electron chi connectivity index (χ2n) is 3.09. The van der Waals surface area contributed by atoms with Crippen molar-refractivity contribution in [3.8, 4) is 0 Å². The second-order valence-corrected chi connectivity index (χ2v) is 3.09. The van der Waals surface area contributed by atoms with Crippen LogP contribution in [0.2, 0.25) is 0 Å². The summed E-state index contributed by atoms with van der Waals surface area (Å²) in [5.74, 6) is -0.827. The summed E-state index contributed by atoms with van der Waals surface area (Å²) >= 11 is 0. The molecular weight excluding hydrogens is 214 g/mol. The van der Waals surface area contributed by atoms with Gasteiger partial charge in [-0.1, -0.05) is 12.1 Å². The van der Waals surface area contributed by atoms with Crippen molar-refractivity contribution in [3.05, 3.63) is 42.6 Å². The summed E-state index contributed by atoms with van der Waals surface area (Å²) in [6, 6.07) is 11.5. The Kier molecular flexibility index (Phi) is 3.63. The monoisotopic (exact) mass is 223 g/mol. The molecule has 1 heterocycles. The van der Waals surface area contributed by atoms with E-state index in [0.717, 1.165) is 10.9 Å². The van der Waals surface area contributed by atoms with Crippen LogP contribution in [0.25, 0.3) is 10.9 Å². The maximum absolute atomic E-state index is 10.6. The van der Waals surface area contributed by atoms with Gasteiger partial charge in [-0.05, 0) is 12.1 Å². The number of para-hydroxylation sites is 1. The van der Waals surface area contributed by atoms with Gasteiger partial charge >= 0.3 is 5.97 Å². The van der Waals surface area contributed by atoms with Gasteiger partial charge in [-0.25, -0.2) is 4.79 Å². The molecule has 0 saturated heterocycles. The van der Waals surface area contributed by atoms with Crippen LogP contribution < -0.4 is 17.0 Å². The molecule has 78 valence electrons. The number of pyridine rings is 1. The molecule has 0 saturated carbocycles. The van der Waals surface area contributed by atoms with Crippen molar-refractivity contribution in [1.29, 1.82) is 0 Å². The Bertz CT molecular complexity index is 479. The predicted molar refractivity (Wildman–Crippen MR) is 51.8 cm³/mol. The summed E-state index contributed by atoms with van der Waals surface area (Å²) in [4.78, 5) is 10.6. The van der Waals surface area contributed by atoms with Crippen molar-refractivity contribution >= 4 is 16.9 Å². The Hall–Kier alpha value is -1.61. The SMILES string of the molecule is O=C(O)C[n+]1cccc2ccccc21.[Cl-]. The Balaban J connectivity index is 0.00000112. The number of fused-ring (bicyclic) bond motifs is 1. The van der Waals surface area contributed by atoms with Crippen molar-refractivity contribution in [2.45, 2.75) is 6.54 Å². The number of rotatable bonds is 2. The lowest BCUT2D eigenvalue weighted by Crippen LogP contribution is -3.00. The van der Waals surface area contributed by atoms with Crippen LogP contribution >= 0.6 is 0 Å². The highest BCUT2D eigenvalue weighted by atomic mass is 35.5. The summed E-state index contributed by atoms with van der Waals surface area (Å²) in [7, 11) is 0. The molecule has 1 aromatic carbocycles. The van der Waals surface area contributed by atoms with Crippen LogP contribution in [0.5, 0.6) is 0 Å². The van der Waals surface area contributed by atoms with E-state index >= 15 is 0 Å². The quantitative estimate of drug-likeness (QED) is 0.612. The molecule has 0 aliphatic heterocycles. The van der Waals surface area contributed by atoms with E-state index in [2.05, 4.69) is 0 Å². The molecule has 2 aromatic rings. The molecule has 1 aromatic heterocycles. The third-order valence-corrected chi connectivity index (χ3v) is 2.09. The van der Waals surface area contributed by atoms with Crippen molar-refractivity contribution < 1.29 is 26.9 Å². The van der Waals surface area contributed by atoms with Crippen molar-refractivity contribution in [1.82, 2.24) is 0 Å². The topological polar surface area (TPSA) is 41.2 Å². The van der Waals surface area contributed by atoms with Gasteiger partial charge in [0.15, 0.2) is 6.20 Å². The van der Waals surface area contributed by atoms with Gasteiger partial charge in [0.1, 0.15) is 0 Å². The first-order valence-electron chi connectivity index (χ1n) is 4.36. The fourth-order valence-electron chi connectivity index (χ4n) is 1.50. The maximum atomic E-state index is 10.6. The lowest BCUT2D eigenvalue weighted by Gasteiger charge is -1.97. The van der Waals surface area contributed by atoms with Gasteiger partial charge in [0.25, 0.3) is 0 Å². The number of aliphatic carboxylic acids is 1. The fraction of sp³-hybridized carbons (Fsp3) is 0.0909. The summed E-state index contributed by atoms with van der Waals surface area (Å²) < 4.78 is 1.72. The molecule has 3 nitrogen and oxygen atoms in total. The first-order valence-corrected chi connectivity index (χ1v) is 4.36. The van der Waals surface area contributed by atoms with Crippen LogP contribution in [-0.2, 0) is 11.3 Å². The van der Waals surface area contributed by atoms with Crippen LogP contribution in [0.1, 0.15) is 0 Å². The minimum Gasteiger partial charge on any atom is -1.00 e. The van der Waals surface area contributed by atoms with Crippen molar-refractivity contribution in [2.75, 3.05) is 0 Å². The maximum Gasteiger partial charge on any atom is 0.370 e. The normalized spacial score (nSPS) is 9.60. The lowest BCUT2D eigenvalue weighted by molar-refractivity contribution is -0.659. The molecule has 0 amide bonds. The van der Waals surface area contributed by atoms with Crippen molar-refractivity contribution in [2.24, 2.45) is 0 Å². The Morgan fingerprint density at radius 3 is 2.60 bits per heavy atom. The van der Waals surface area contributed by atoms with E-state index in [4.69, 9.17) is 5.11 Å². The Labute approximate surface area is 93.4 Å². The number of carboxylic acids is 1. The average molecular weight is 224 g/mol. The molecule has 15 heavy (non-hydrogen) atoms. The van der Waals surface area contributed by atoms with Crippen LogP contribution in [0.15, 0.2) is 42.6 Å². The molecule has 0 bridgehead atoms. The summed E-state index contributed by atoms with van der Waals surface area (Å²) in [6.07, 6.45) is 1.77. The zero-order valence-electron chi connectivity index (χ0n) is 7.93. The largest absolute Gasteiger partial charge is 1.00 e. The van der Waals surface area contributed by atoms with E-state index in [1.165, 1.54) is 0 Å². The van der Waals surface area contributed by atoms with E-state index in [0.29, 0.717) is 0 Å². The summed E-state index contributed by atoms with van der Waals surface area (Å²) in [6.45, 7) is 0.00134. The number of benzene rings is 1. The number of carboxylic acid groups (broad SMARTS) is 1. The van der Waals surface area contributed by atoms with Gasteiger partial charge in [0, 0.05) is 17.5 Å². The third-order valence-electron chi connectivity index (χ3n) is 2.09. The van der Waals surface area contributed by atoms with Crippen LogP contribution in [-0.4, -0.2) is 11.1 Å². The van der Waals surface area contributed by atoms with E-state index in [-0.39, 0.29) is 19.0 Å². The summed E-state index contributed by atoms with van der Waals surface area (Å²) in [5.41, 5.74) is 0.942. The Morgan fingerprint density at radius 2 is 1.87 bits per heavy atom. The van der Waals surface area contributed by atoms with Crippen LogP contribution in [0.3, 0.4) is 0 Å². The Morgan fingerprint density at radius 1 is 1.20 bits per heavy atom. The molecule has 0 unspecified atom stereocenters. The number of hydrogen-bond acceptors (Lipinski definition) is 1. The van der Waals surface area contributed by atoms with Crippen LogP contribution in [0.4, 0.5) is 0 Å². The predicted octanol–water partition coefficient (Wildman–Crippen LogP) is -1.78. The van der Waals surface area contributed by atoms with E-state index in [9.17, 15) is 4.79 Å². The number of hydrogen-bond donors (Lipinski definition) is 1. The molecule has 0 spiro atoms. The van der Waals surface area contributed by atoms with E-state index in [1.807, 2.05) is 36.4 Å². The van der Waals surface area contributed by atoms with Gasteiger partial charge < -0.3 is 17.5 Å². The van der Waals surface area contributed by atoms with Crippen molar-refractivity contribution in [3.63, 3.8) is 0 Å². The van der Waals surface area contributed by atoms with E-state index in [1.54, 1.807) is 10.8 Å². The lowest BCUT2D eigenvalue weighted by atomic mass is 10.2. The van der Waals surface area contributed by atoms with Crippen LogP contribution in [0, 0.1) is 0 Å². The molecule has 2 rings (SSSR count). The molecule has 4 heteroatoms. The zero-order valence-corrected chi connectivity index (χ0v) is 8.69. The standard InChI is InChI=1S/C11H9NO2.ClH/c13-11(14)8-12-7-3-5-9-4-1-2-6-10(9)12;/h1-7H,8H2;1H. The first-order chi connectivity index (χ1) is 6.77. The third kappa shape index (κ3) is 2.44. The first kappa shape index (κ1) is 11.5. The van der Waals surface area contributed by atoms with Gasteiger partial charge in [0.05, 0.1) is 0 Å². The van der Waals surface area contributed by atoms with Gasteiger partial charge in [-0.15, -0.1) is 0 Å². The van der Waals surface area contributed by atoms with Gasteiger partial charge in [-0.2, -0.15) is 4.57 Å². The summed E-state index contributed by atoms with van der Waals surface area (Å²) in [5, 5.41) is 9.76. The zero-order chi connectivity index (χ0) is 9.97. The molecule has 0 aliphatic rings. The van der Waals surface area contributed by atoms with Gasteiger partial charge in [-0.3, -0.25) is 0 Å². The highest BCUT2D eigenvalue weighted by Gasteiger charge is 2.10. The highest BCUT2D eigenvalue weighted by molar-refractivity contribution is 5.75. The highest BCUT2D eigenvalue weighted by Crippen LogP contribution is 2.07. The minimum absolute atomic E-state index is 0. The smallest absolute Gasteiger partial charge is 0.370 e. The van der Waals surface area contributed by atoms with E-state index < -0.39 is 5.97 Å². The molecule has 1 N–H and O–H groups in total. The van der Waals surface area contributed by atoms with Gasteiger partial charge in [0.2, 0.25) is 12.1 Å². The number of halogens is 1. The molecule has 0 atom stereocenters. The minimum atomic E-state index is -0.827. The molecular formula is C11H10ClNO2. The molecule has 0 radical (unpaired) electrons. The number of nitrogens with zero attached hydrogens (tertiary/aromatic N) is 1.